The van der Waals surface area contributed by atoms with Gasteiger partial charge in [-0.3, -0.25) is 15.6 Å². The van der Waals surface area contributed by atoms with Gasteiger partial charge in [0, 0.05) is 12.2 Å². The summed E-state index contributed by atoms with van der Waals surface area (Å²) in [5, 5.41) is 3.33. The van der Waals surface area contributed by atoms with Gasteiger partial charge >= 0.3 is 0 Å². The van der Waals surface area contributed by atoms with Gasteiger partial charge in [0.2, 0.25) is 0 Å². The number of carbonyl (C=O) groups excluding carboxylic acids is 1. The summed E-state index contributed by atoms with van der Waals surface area (Å²) in [5.74, 6) is -0.336. The molecular formula is C15H16N4OS. The first-order valence-corrected chi connectivity index (χ1v) is 6.80. The van der Waals surface area contributed by atoms with Gasteiger partial charge in [-0.25, -0.2) is 0 Å². The molecule has 2 aromatic carbocycles. The van der Waals surface area contributed by atoms with Crippen molar-refractivity contribution in [1.29, 1.82) is 0 Å². The topological polar surface area (TPSA) is 79.2 Å². The van der Waals surface area contributed by atoms with Gasteiger partial charge in [-0.15, -0.1) is 0 Å². The van der Waals surface area contributed by atoms with Gasteiger partial charge in [-0.05, 0) is 29.9 Å². The minimum Gasteiger partial charge on any atom is -0.398 e. The lowest BCUT2D eigenvalue weighted by molar-refractivity contribution is 0.0944. The molecule has 5 N–H and O–H groups in total. The Morgan fingerprint density at radius 1 is 1.00 bits per heavy atom. The molecular weight excluding hydrogens is 284 g/mol. The van der Waals surface area contributed by atoms with Crippen molar-refractivity contribution in [3.05, 3.63) is 65.7 Å². The maximum Gasteiger partial charge on any atom is 0.271 e. The predicted molar refractivity (Wildman–Crippen MR) is 87.3 cm³/mol. The van der Waals surface area contributed by atoms with Crippen LogP contribution in [0.2, 0.25) is 0 Å². The fourth-order valence-electron chi connectivity index (χ4n) is 1.71. The molecule has 6 heteroatoms. The highest BCUT2D eigenvalue weighted by molar-refractivity contribution is 7.80. The molecule has 0 unspecified atom stereocenters. The van der Waals surface area contributed by atoms with E-state index in [1.54, 1.807) is 24.3 Å². The normalized spacial score (nSPS) is 9.71. The van der Waals surface area contributed by atoms with Crippen LogP contribution in [0.1, 0.15) is 15.9 Å². The van der Waals surface area contributed by atoms with E-state index in [0.717, 1.165) is 5.56 Å². The van der Waals surface area contributed by atoms with E-state index in [1.807, 2.05) is 30.3 Å². The lowest BCUT2D eigenvalue weighted by Gasteiger charge is -2.12. The Morgan fingerprint density at radius 3 is 2.38 bits per heavy atom. The third kappa shape index (κ3) is 4.47. The van der Waals surface area contributed by atoms with Crippen LogP contribution in [0.3, 0.4) is 0 Å². The zero-order valence-electron chi connectivity index (χ0n) is 11.3. The van der Waals surface area contributed by atoms with Gasteiger partial charge in [0.15, 0.2) is 5.11 Å². The Labute approximate surface area is 128 Å². The van der Waals surface area contributed by atoms with Crippen LogP contribution in [0.5, 0.6) is 0 Å². The number of nitrogens with one attached hydrogen (secondary N) is 3. The second kappa shape index (κ2) is 7.25. The number of anilines is 1. The molecule has 0 heterocycles. The van der Waals surface area contributed by atoms with Crippen LogP contribution in [-0.4, -0.2) is 11.0 Å². The highest BCUT2D eigenvalue weighted by atomic mass is 32.1. The zero-order chi connectivity index (χ0) is 15.1. The van der Waals surface area contributed by atoms with Crippen molar-refractivity contribution in [2.75, 3.05) is 5.73 Å². The number of nitrogen functional groups attached to an aromatic ring is 1. The first-order chi connectivity index (χ1) is 10.2. The number of rotatable bonds is 3. The summed E-state index contributed by atoms with van der Waals surface area (Å²) in [6.07, 6.45) is 0. The Kier molecular flexibility index (Phi) is 5.11. The molecule has 21 heavy (non-hydrogen) atoms. The van der Waals surface area contributed by atoms with Gasteiger partial charge < -0.3 is 11.1 Å². The molecule has 108 valence electrons. The number of hydrogen-bond acceptors (Lipinski definition) is 3. The van der Waals surface area contributed by atoms with Crippen LogP contribution in [0.15, 0.2) is 54.6 Å². The number of amides is 1. The van der Waals surface area contributed by atoms with E-state index >= 15 is 0 Å². The van der Waals surface area contributed by atoms with Crippen molar-refractivity contribution in [3.8, 4) is 0 Å². The fraction of sp³-hybridized carbons (Fsp3) is 0.0667. The Morgan fingerprint density at radius 2 is 1.67 bits per heavy atom. The van der Waals surface area contributed by atoms with E-state index in [2.05, 4.69) is 16.2 Å². The lowest BCUT2D eigenvalue weighted by atomic mass is 10.2. The summed E-state index contributed by atoms with van der Waals surface area (Å²) >= 11 is 5.09. The molecule has 0 saturated heterocycles. The number of para-hydroxylation sites is 1. The van der Waals surface area contributed by atoms with E-state index in [-0.39, 0.29) is 5.91 Å². The maximum absolute atomic E-state index is 11.9. The predicted octanol–water partition coefficient (Wildman–Crippen LogP) is 1.58. The van der Waals surface area contributed by atoms with Gasteiger partial charge in [0.25, 0.3) is 5.91 Å². The van der Waals surface area contributed by atoms with Crippen molar-refractivity contribution < 1.29 is 4.79 Å². The number of nitrogens with two attached hydrogens (primary N) is 1. The summed E-state index contributed by atoms with van der Waals surface area (Å²) < 4.78 is 0. The van der Waals surface area contributed by atoms with Crippen LogP contribution in [0.4, 0.5) is 5.69 Å². The van der Waals surface area contributed by atoms with E-state index in [0.29, 0.717) is 22.9 Å². The van der Waals surface area contributed by atoms with Gasteiger partial charge in [0.1, 0.15) is 0 Å². The molecule has 0 aliphatic heterocycles. The third-order valence-electron chi connectivity index (χ3n) is 2.79. The molecule has 2 rings (SSSR count). The van der Waals surface area contributed by atoms with Crippen LogP contribution >= 0.6 is 12.2 Å². The molecule has 1 amide bonds. The summed E-state index contributed by atoms with van der Waals surface area (Å²) in [7, 11) is 0. The number of benzene rings is 2. The molecule has 0 aliphatic carbocycles. The molecule has 0 aliphatic rings. The Balaban J connectivity index is 1.79. The van der Waals surface area contributed by atoms with Crippen molar-refractivity contribution in [2.45, 2.75) is 6.54 Å². The highest BCUT2D eigenvalue weighted by Gasteiger charge is 2.08. The first-order valence-electron chi connectivity index (χ1n) is 6.39. The minimum atomic E-state index is -0.336. The largest absolute Gasteiger partial charge is 0.398 e. The summed E-state index contributed by atoms with van der Waals surface area (Å²) in [6, 6.07) is 16.7. The van der Waals surface area contributed by atoms with Crippen molar-refractivity contribution >= 4 is 28.9 Å². The number of hydrogen-bond donors (Lipinski definition) is 4. The second-order valence-corrected chi connectivity index (χ2v) is 4.74. The third-order valence-corrected chi connectivity index (χ3v) is 3.04. The highest BCUT2D eigenvalue weighted by Crippen LogP contribution is 2.09. The lowest BCUT2D eigenvalue weighted by Crippen LogP contribution is -2.46. The van der Waals surface area contributed by atoms with Gasteiger partial charge in [-0.2, -0.15) is 0 Å². The molecule has 0 saturated carbocycles. The van der Waals surface area contributed by atoms with E-state index in [9.17, 15) is 4.79 Å². The van der Waals surface area contributed by atoms with Crippen LogP contribution in [0.25, 0.3) is 0 Å². The van der Waals surface area contributed by atoms with Crippen LogP contribution < -0.4 is 21.9 Å². The SMILES string of the molecule is Nc1ccccc1C(=O)NNC(=S)NCc1ccccc1. The van der Waals surface area contributed by atoms with E-state index in [4.69, 9.17) is 18.0 Å². The molecule has 0 aromatic heterocycles. The molecule has 0 bridgehead atoms. The van der Waals surface area contributed by atoms with Gasteiger partial charge in [0.05, 0.1) is 5.56 Å². The van der Waals surface area contributed by atoms with Gasteiger partial charge in [-0.1, -0.05) is 42.5 Å². The fourth-order valence-corrected chi connectivity index (χ4v) is 1.83. The summed E-state index contributed by atoms with van der Waals surface area (Å²) in [4.78, 5) is 11.9. The molecule has 2 aromatic rings. The first kappa shape index (κ1) is 14.8. The number of thiocarbonyl (C=S) groups is 1. The Hall–Kier alpha value is -2.60. The van der Waals surface area contributed by atoms with Crippen LogP contribution in [0, 0.1) is 0 Å². The van der Waals surface area contributed by atoms with Crippen molar-refractivity contribution in [2.24, 2.45) is 0 Å². The van der Waals surface area contributed by atoms with Crippen LogP contribution in [-0.2, 0) is 6.54 Å². The molecule has 0 radical (unpaired) electrons. The molecule has 5 nitrogen and oxygen atoms in total. The minimum absolute atomic E-state index is 0.335. The van der Waals surface area contributed by atoms with E-state index < -0.39 is 0 Å². The van der Waals surface area contributed by atoms with E-state index in [1.165, 1.54) is 0 Å². The average molecular weight is 300 g/mol. The standard InChI is InChI=1S/C15H16N4OS/c16-13-9-5-4-8-12(13)14(20)18-19-15(21)17-10-11-6-2-1-3-7-11/h1-9H,10,16H2,(H,18,20)(H2,17,19,21). The smallest absolute Gasteiger partial charge is 0.271 e. The monoisotopic (exact) mass is 300 g/mol. The second-order valence-electron chi connectivity index (χ2n) is 4.33. The summed E-state index contributed by atoms with van der Waals surface area (Å²) in [5.41, 5.74) is 12.8. The molecule has 0 spiro atoms. The summed E-state index contributed by atoms with van der Waals surface area (Å²) in [6.45, 7) is 0.579. The average Bonchev–Trinajstić information content (AvgIpc) is 2.52. The molecule has 0 fully saturated rings. The quantitative estimate of drug-likeness (QED) is 0.393. The number of carbonyl (C=O) groups is 1. The maximum atomic E-state index is 11.9. The molecule has 0 atom stereocenters. The van der Waals surface area contributed by atoms with Crippen molar-refractivity contribution in [3.63, 3.8) is 0 Å². The zero-order valence-corrected chi connectivity index (χ0v) is 12.1. The number of hydrazine groups is 1. The Bertz CT molecular complexity index is 631. The van der Waals surface area contributed by atoms with Crippen molar-refractivity contribution in [1.82, 2.24) is 16.2 Å².